The molecular formula is C20H29N3O4. The van der Waals surface area contributed by atoms with E-state index in [0.717, 1.165) is 43.7 Å². The number of ether oxygens (including phenoxy) is 3. The number of fused-ring (bicyclic) bond motifs is 1. The third-order valence-electron chi connectivity index (χ3n) is 6.84. The first-order valence-corrected chi connectivity index (χ1v) is 9.57. The van der Waals surface area contributed by atoms with E-state index in [1.54, 1.807) is 14.2 Å². The maximum Gasteiger partial charge on any atom is 0.237 e. The van der Waals surface area contributed by atoms with Crippen molar-refractivity contribution in [3.63, 3.8) is 0 Å². The van der Waals surface area contributed by atoms with Crippen LogP contribution in [0.25, 0.3) is 0 Å². The van der Waals surface area contributed by atoms with Gasteiger partial charge in [0.1, 0.15) is 11.8 Å². The fourth-order valence-corrected chi connectivity index (χ4v) is 5.29. The Balaban J connectivity index is 1.65. The number of amides is 1. The number of likely N-dealkylation sites (tertiary alicyclic amines) is 1. The second-order valence-electron chi connectivity index (χ2n) is 8.08. The summed E-state index contributed by atoms with van der Waals surface area (Å²) in [6.45, 7) is 1.39. The molecule has 1 amide bonds. The van der Waals surface area contributed by atoms with Crippen molar-refractivity contribution in [2.45, 2.75) is 48.9 Å². The van der Waals surface area contributed by atoms with Crippen LogP contribution >= 0.6 is 0 Å². The van der Waals surface area contributed by atoms with E-state index in [9.17, 15) is 4.79 Å². The molecule has 2 aliphatic heterocycles. The Morgan fingerprint density at radius 3 is 2.70 bits per heavy atom. The summed E-state index contributed by atoms with van der Waals surface area (Å²) in [5.41, 5.74) is 6.36. The van der Waals surface area contributed by atoms with E-state index < -0.39 is 11.8 Å². The number of hydrogen-bond acceptors (Lipinski definition) is 6. The average molecular weight is 375 g/mol. The predicted molar refractivity (Wildman–Crippen MR) is 101 cm³/mol. The van der Waals surface area contributed by atoms with Gasteiger partial charge in [-0.25, -0.2) is 0 Å². The van der Waals surface area contributed by atoms with E-state index in [1.807, 2.05) is 6.07 Å². The number of methoxy groups -OCH3 is 2. The number of carbonyl (C=O) groups is 1. The second kappa shape index (κ2) is 6.65. The molecule has 27 heavy (non-hydrogen) atoms. The Morgan fingerprint density at radius 1 is 1.26 bits per heavy atom. The normalized spacial score (nSPS) is 36.0. The third kappa shape index (κ3) is 2.88. The Bertz CT molecular complexity index is 742. The highest BCUT2D eigenvalue weighted by molar-refractivity contribution is 5.80. The van der Waals surface area contributed by atoms with Crippen molar-refractivity contribution in [2.75, 3.05) is 34.4 Å². The molecule has 3 aliphatic rings. The molecule has 1 saturated carbocycles. The number of hydrogen-bond donors (Lipinski definition) is 2. The fourth-order valence-electron chi connectivity index (χ4n) is 5.29. The van der Waals surface area contributed by atoms with Crippen molar-refractivity contribution in [1.82, 2.24) is 10.2 Å². The number of rotatable bonds is 4. The average Bonchev–Trinajstić information content (AvgIpc) is 3.24. The largest absolute Gasteiger partial charge is 0.493 e. The molecule has 1 aromatic carbocycles. The zero-order valence-electron chi connectivity index (χ0n) is 16.3. The van der Waals surface area contributed by atoms with Crippen molar-refractivity contribution in [3.05, 3.63) is 23.8 Å². The minimum Gasteiger partial charge on any atom is -0.493 e. The van der Waals surface area contributed by atoms with Gasteiger partial charge in [0.15, 0.2) is 11.5 Å². The van der Waals surface area contributed by atoms with Crippen LogP contribution in [0.3, 0.4) is 0 Å². The number of benzene rings is 1. The Kier molecular flexibility index (Phi) is 4.56. The Labute approximate surface area is 160 Å². The van der Waals surface area contributed by atoms with Crippen LogP contribution in [-0.4, -0.2) is 63.0 Å². The van der Waals surface area contributed by atoms with Gasteiger partial charge in [0.25, 0.3) is 0 Å². The first kappa shape index (κ1) is 18.5. The smallest absolute Gasteiger partial charge is 0.237 e. The molecule has 1 aliphatic carbocycles. The summed E-state index contributed by atoms with van der Waals surface area (Å²) in [4.78, 5) is 14.0. The lowest BCUT2D eigenvalue weighted by Gasteiger charge is -2.48. The Hall–Kier alpha value is -1.83. The quantitative estimate of drug-likeness (QED) is 0.817. The molecule has 148 valence electrons. The van der Waals surface area contributed by atoms with Crippen LogP contribution in [0.15, 0.2) is 18.2 Å². The highest BCUT2D eigenvalue weighted by Crippen LogP contribution is 2.53. The molecule has 2 heterocycles. The lowest BCUT2D eigenvalue weighted by Crippen LogP contribution is -2.58. The molecule has 7 heteroatoms. The zero-order valence-corrected chi connectivity index (χ0v) is 16.3. The molecule has 7 nitrogen and oxygen atoms in total. The summed E-state index contributed by atoms with van der Waals surface area (Å²) in [6, 6.07) is 6.21. The van der Waals surface area contributed by atoms with Gasteiger partial charge in [-0.05, 0) is 50.6 Å². The van der Waals surface area contributed by atoms with Gasteiger partial charge >= 0.3 is 0 Å². The maximum atomic E-state index is 11.6. The molecule has 1 spiro atoms. The van der Waals surface area contributed by atoms with Crippen LogP contribution in [0.5, 0.6) is 11.5 Å². The number of nitrogens with one attached hydrogen (secondary N) is 1. The van der Waals surface area contributed by atoms with Gasteiger partial charge in [0, 0.05) is 17.9 Å². The number of nitrogens with two attached hydrogens (primary N) is 1. The standard InChI is InChI=1S/C20H29N3O4/c1-23-9-8-19(13-4-5-15(25-2)16(10-13)26-3)6-7-20(11-17(19)23)22-14(12-27-20)18(21)24/h4-5,10,14,17,22H,6-9,11-12H2,1-3H3,(H2,21,24)/t14?,17-,19-,20?/m0/s1. The first-order chi connectivity index (χ1) is 12.9. The van der Waals surface area contributed by atoms with Gasteiger partial charge in [0.05, 0.1) is 20.8 Å². The predicted octanol–water partition coefficient (Wildman–Crippen LogP) is 1.000. The highest BCUT2D eigenvalue weighted by atomic mass is 16.5. The molecule has 3 N–H and O–H groups in total. The second-order valence-corrected chi connectivity index (χ2v) is 8.08. The number of nitrogens with zero attached hydrogens (tertiary/aromatic N) is 1. The van der Waals surface area contributed by atoms with Crippen molar-refractivity contribution >= 4 is 5.91 Å². The number of carbonyl (C=O) groups excluding carboxylic acids is 1. The number of primary amides is 1. The van der Waals surface area contributed by atoms with Crippen molar-refractivity contribution in [1.29, 1.82) is 0 Å². The molecule has 0 aromatic heterocycles. The van der Waals surface area contributed by atoms with E-state index in [4.69, 9.17) is 19.9 Å². The summed E-state index contributed by atoms with van der Waals surface area (Å²) in [6.07, 6.45) is 3.77. The molecule has 0 bridgehead atoms. The van der Waals surface area contributed by atoms with Gasteiger partial charge in [-0.1, -0.05) is 6.07 Å². The van der Waals surface area contributed by atoms with Crippen molar-refractivity contribution in [3.8, 4) is 11.5 Å². The summed E-state index contributed by atoms with van der Waals surface area (Å²) in [5.74, 6) is 1.17. The third-order valence-corrected chi connectivity index (χ3v) is 6.84. The molecular weight excluding hydrogens is 346 g/mol. The van der Waals surface area contributed by atoms with E-state index in [-0.39, 0.29) is 11.3 Å². The zero-order chi connectivity index (χ0) is 19.2. The molecule has 2 saturated heterocycles. The van der Waals surface area contributed by atoms with E-state index in [1.165, 1.54) is 5.56 Å². The lowest BCUT2D eigenvalue weighted by molar-refractivity contribution is -0.119. The molecule has 4 rings (SSSR count). The van der Waals surface area contributed by atoms with E-state index in [2.05, 4.69) is 29.4 Å². The molecule has 1 aromatic rings. The van der Waals surface area contributed by atoms with E-state index >= 15 is 0 Å². The van der Waals surface area contributed by atoms with Crippen LogP contribution < -0.4 is 20.5 Å². The van der Waals surface area contributed by atoms with Crippen LogP contribution in [-0.2, 0) is 14.9 Å². The summed E-state index contributed by atoms with van der Waals surface area (Å²) in [7, 11) is 5.50. The molecule has 0 radical (unpaired) electrons. The highest BCUT2D eigenvalue weighted by Gasteiger charge is 2.57. The van der Waals surface area contributed by atoms with Crippen LogP contribution in [0.4, 0.5) is 0 Å². The summed E-state index contributed by atoms with van der Waals surface area (Å²) < 4.78 is 17.0. The summed E-state index contributed by atoms with van der Waals surface area (Å²) >= 11 is 0. The molecule has 3 fully saturated rings. The topological polar surface area (TPSA) is 86.1 Å². The fraction of sp³-hybridized carbons (Fsp3) is 0.650. The van der Waals surface area contributed by atoms with Crippen LogP contribution in [0, 0.1) is 0 Å². The monoisotopic (exact) mass is 375 g/mol. The van der Waals surface area contributed by atoms with E-state index in [0.29, 0.717) is 12.6 Å². The summed E-state index contributed by atoms with van der Waals surface area (Å²) in [5, 5.41) is 3.38. The minimum absolute atomic E-state index is 0.0510. The first-order valence-electron chi connectivity index (χ1n) is 9.57. The minimum atomic E-state index is -0.455. The Morgan fingerprint density at radius 2 is 2.04 bits per heavy atom. The van der Waals surface area contributed by atoms with Crippen molar-refractivity contribution < 1.29 is 19.0 Å². The van der Waals surface area contributed by atoms with Gasteiger partial charge < -0.3 is 24.8 Å². The lowest BCUT2D eigenvalue weighted by atomic mass is 9.64. The van der Waals surface area contributed by atoms with Crippen LogP contribution in [0.1, 0.15) is 31.2 Å². The number of likely N-dealkylation sites (N-methyl/N-ethyl adjacent to an activating group) is 1. The van der Waals surface area contributed by atoms with Crippen LogP contribution in [0.2, 0.25) is 0 Å². The van der Waals surface area contributed by atoms with Gasteiger partial charge in [-0.2, -0.15) is 0 Å². The van der Waals surface area contributed by atoms with Crippen molar-refractivity contribution in [2.24, 2.45) is 5.73 Å². The SMILES string of the molecule is COc1ccc([C@]23CCN(C)[C@H]2CC2(CC3)NC(C(N)=O)CO2)cc1OC. The van der Waals surface area contributed by atoms with Gasteiger partial charge in [-0.15, -0.1) is 0 Å². The molecule has 2 unspecified atom stereocenters. The van der Waals surface area contributed by atoms with Gasteiger partial charge in [0.2, 0.25) is 5.91 Å². The molecule has 4 atom stereocenters. The van der Waals surface area contributed by atoms with Gasteiger partial charge in [-0.3, -0.25) is 10.1 Å². The maximum absolute atomic E-state index is 11.6.